The maximum Gasteiger partial charge on any atom is 0.227 e. The summed E-state index contributed by atoms with van der Waals surface area (Å²) in [5.41, 5.74) is 11.3. The molecule has 0 saturated heterocycles. The molecule has 0 fully saturated rings. The van der Waals surface area contributed by atoms with Gasteiger partial charge in [-0.1, -0.05) is 0 Å². The minimum atomic E-state index is -0.325. The van der Waals surface area contributed by atoms with Gasteiger partial charge in [-0.3, -0.25) is 4.79 Å². The van der Waals surface area contributed by atoms with Gasteiger partial charge in [-0.25, -0.2) is 0 Å². The molecule has 1 amide bonds. The molecule has 0 spiro atoms. The topological polar surface area (TPSA) is 69.1 Å². The van der Waals surface area contributed by atoms with Crippen molar-refractivity contribution < 1.29 is 4.79 Å². The fraction of sp³-hybridized carbons (Fsp3) is 0.125. The number of nitrogens with two attached hydrogens (primary N) is 2. The number of primary amides is 1. The van der Waals surface area contributed by atoms with Gasteiger partial charge in [0.25, 0.3) is 0 Å². The first kappa shape index (κ1) is 10.4. The van der Waals surface area contributed by atoms with E-state index in [2.05, 4.69) is 15.9 Å². The monoisotopic (exact) mass is 260 g/mol. The average molecular weight is 261 g/mol. The lowest BCUT2D eigenvalue weighted by atomic mass is 10.3. The van der Waals surface area contributed by atoms with Gasteiger partial charge < -0.3 is 11.5 Å². The molecule has 0 aliphatic heterocycles. The minimum Gasteiger partial charge on any atom is -0.399 e. The van der Waals surface area contributed by atoms with E-state index in [0.717, 1.165) is 9.37 Å². The predicted molar refractivity (Wildman–Crippen MR) is 58.5 cm³/mol. The molecule has 0 heterocycles. The summed E-state index contributed by atoms with van der Waals surface area (Å²) in [7, 11) is 0. The highest BCUT2D eigenvalue weighted by molar-refractivity contribution is 9.10. The number of carbonyl (C=O) groups excluding carboxylic acids is 1. The van der Waals surface area contributed by atoms with Crippen LogP contribution in [0.25, 0.3) is 0 Å². The van der Waals surface area contributed by atoms with Crippen molar-refractivity contribution in [3.8, 4) is 0 Å². The lowest BCUT2D eigenvalue weighted by molar-refractivity contribution is -0.115. The number of anilines is 1. The normalized spacial score (nSPS) is 9.92. The molecule has 0 atom stereocenters. The summed E-state index contributed by atoms with van der Waals surface area (Å²) < 4.78 is 0.888. The fourth-order valence-electron chi connectivity index (χ4n) is 0.783. The van der Waals surface area contributed by atoms with Gasteiger partial charge in [0.2, 0.25) is 5.91 Å². The Bertz CT molecular complexity index is 330. The van der Waals surface area contributed by atoms with Crippen LogP contribution in [-0.2, 0) is 4.79 Å². The Morgan fingerprint density at radius 1 is 1.54 bits per heavy atom. The van der Waals surface area contributed by atoms with Crippen molar-refractivity contribution in [1.29, 1.82) is 0 Å². The van der Waals surface area contributed by atoms with Crippen LogP contribution in [-0.4, -0.2) is 11.7 Å². The molecule has 0 radical (unpaired) electrons. The molecule has 1 rings (SSSR count). The third kappa shape index (κ3) is 3.28. The molecular weight excluding hydrogens is 252 g/mol. The largest absolute Gasteiger partial charge is 0.399 e. The summed E-state index contributed by atoms with van der Waals surface area (Å²) in [6.45, 7) is 0. The molecule has 0 aromatic heterocycles. The Morgan fingerprint density at radius 3 is 2.77 bits per heavy atom. The van der Waals surface area contributed by atoms with Gasteiger partial charge in [0.15, 0.2) is 0 Å². The van der Waals surface area contributed by atoms with E-state index in [9.17, 15) is 4.79 Å². The Hall–Kier alpha value is -0.680. The first-order valence-corrected chi connectivity index (χ1v) is 5.33. The van der Waals surface area contributed by atoms with E-state index in [1.165, 1.54) is 11.8 Å². The quantitative estimate of drug-likeness (QED) is 0.641. The van der Waals surface area contributed by atoms with Crippen molar-refractivity contribution >= 4 is 39.3 Å². The lowest BCUT2D eigenvalue weighted by Gasteiger charge is -2.02. The molecule has 0 aliphatic carbocycles. The number of hydrogen-bond acceptors (Lipinski definition) is 3. The molecule has 5 heteroatoms. The lowest BCUT2D eigenvalue weighted by Crippen LogP contribution is -2.12. The van der Waals surface area contributed by atoms with Gasteiger partial charge in [0.05, 0.1) is 5.75 Å². The van der Waals surface area contributed by atoms with Crippen molar-refractivity contribution in [2.24, 2.45) is 5.73 Å². The van der Waals surface area contributed by atoms with E-state index in [0.29, 0.717) is 5.69 Å². The third-order valence-electron chi connectivity index (χ3n) is 1.33. The van der Waals surface area contributed by atoms with Crippen LogP contribution >= 0.6 is 27.7 Å². The Labute approximate surface area is 89.0 Å². The van der Waals surface area contributed by atoms with Crippen molar-refractivity contribution in [3.63, 3.8) is 0 Å². The SMILES string of the molecule is NC(=O)CSc1ccc(N)cc1Br. The molecule has 0 saturated carbocycles. The van der Waals surface area contributed by atoms with E-state index in [-0.39, 0.29) is 11.7 Å². The maximum absolute atomic E-state index is 10.5. The van der Waals surface area contributed by atoms with Crippen LogP contribution in [0.5, 0.6) is 0 Å². The van der Waals surface area contributed by atoms with Crippen LogP contribution in [0.2, 0.25) is 0 Å². The van der Waals surface area contributed by atoms with E-state index in [4.69, 9.17) is 11.5 Å². The zero-order chi connectivity index (χ0) is 9.84. The van der Waals surface area contributed by atoms with Crippen molar-refractivity contribution in [1.82, 2.24) is 0 Å². The number of nitrogen functional groups attached to an aromatic ring is 1. The molecule has 0 bridgehead atoms. The zero-order valence-electron chi connectivity index (χ0n) is 6.79. The first-order chi connectivity index (χ1) is 6.09. The number of carbonyl (C=O) groups is 1. The Balaban J connectivity index is 2.72. The smallest absolute Gasteiger partial charge is 0.227 e. The van der Waals surface area contributed by atoms with Gasteiger partial charge in [-0.15, -0.1) is 11.8 Å². The molecule has 0 aliphatic rings. The molecule has 13 heavy (non-hydrogen) atoms. The van der Waals surface area contributed by atoms with Gasteiger partial charge in [0.1, 0.15) is 0 Å². The van der Waals surface area contributed by atoms with Gasteiger partial charge in [-0.2, -0.15) is 0 Å². The summed E-state index contributed by atoms with van der Waals surface area (Å²) >= 11 is 4.73. The second-order valence-corrected chi connectivity index (χ2v) is 4.32. The van der Waals surface area contributed by atoms with E-state index < -0.39 is 0 Å². The number of rotatable bonds is 3. The second kappa shape index (κ2) is 4.53. The summed E-state index contributed by atoms with van der Waals surface area (Å²) in [5.74, 6) is -0.0450. The maximum atomic E-state index is 10.5. The standard InChI is InChI=1S/C8H9BrN2OS/c9-6-3-5(10)1-2-7(6)13-4-8(11)12/h1-3H,4,10H2,(H2,11,12). The molecule has 1 aromatic rings. The van der Waals surface area contributed by atoms with Crippen molar-refractivity contribution in [2.75, 3.05) is 11.5 Å². The van der Waals surface area contributed by atoms with Crippen LogP contribution in [0.15, 0.2) is 27.6 Å². The number of hydrogen-bond donors (Lipinski definition) is 2. The summed E-state index contributed by atoms with van der Waals surface area (Å²) in [6.07, 6.45) is 0. The Morgan fingerprint density at radius 2 is 2.23 bits per heavy atom. The van der Waals surface area contributed by atoms with E-state index >= 15 is 0 Å². The summed E-state index contributed by atoms with van der Waals surface area (Å²) in [6, 6.07) is 5.43. The molecule has 0 unspecified atom stereocenters. The highest BCUT2D eigenvalue weighted by Gasteiger charge is 2.02. The summed E-state index contributed by atoms with van der Waals surface area (Å²) in [4.78, 5) is 11.5. The second-order valence-electron chi connectivity index (χ2n) is 2.44. The molecular formula is C8H9BrN2OS. The Kier molecular flexibility index (Phi) is 3.62. The van der Waals surface area contributed by atoms with Gasteiger partial charge in [-0.05, 0) is 34.1 Å². The number of thioether (sulfide) groups is 1. The zero-order valence-corrected chi connectivity index (χ0v) is 9.19. The number of amides is 1. The minimum absolute atomic E-state index is 0.280. The summed E-state index contributed by atoms with van der Waals surface area (Å²) in [5, 5.41) is 0. The van der Waals surface area contributed by atoms with Crippen LogP contribution in [0.3, 0.4) is 0 Å². The third-order valence-corrected chi connectivity index (χ3v) is 3.34. The first-order valence-electron chi connectivity index (χ1n) is 3.55. The highest BCUT2D eigenvalue weighted by Crippen LogP contribution is 2.28. The van der Waals surface area contributed by atoms with Crippen LogP contribution in [0.4, 0.5) is 5.69 Å². The molecule has 4 N–H and O–H groups in total. The molecule has 1 aromatic carbocycles. The van der Waals surface area contributed by atoms with Crippen LogP contribution in [0.1, 0.15) is 0 Å². The number of benzene rings is 1. The van der Waals surface area contributed by atoms with Gasteiger partial charge in [0, 0.05) is 15.1 Å². The predicted octanol–water partition coefficient (Wildman–Crippen LogP) is 1.61. The van der Waals surface area contributed by atoms with Crippen LogP contribution in [0, 0.1) is 0 Å². The molecule has 3 nitrogen and oxygen atoms in total. The van der Waals surface area contributed by atoms with Crippen molar-refractivity contribution in [3.05, 3.63) is 22.7 Å². The highest BCUT2D eigenvalue weighted by atomic mass is 79.9. The average Bonchev–Trinajstić information content (AvgIpc) is 2.02. The molecule has 70 valence electrons. The van der Waals surface area contributed by atoms with Gasteiger partial charge >= 0.3 is 0 Å². The number of halogens is 1. The van der Waals surface area contributed by atoms with E-state index in [1.54, 1.807) is 12.1 Å². The van der Waals surface area contributed by atoms with E-state index in [1.807, 2.05) is 6.07 Å². The fourth-order valence-corrected chi connectivity index (χ4v) is 2.18. The van der Waals surface area contributed by atoms with Crippen LogP contribution < -0.4 is 11.5 Å². The van der Waals surface area contributed by atoms with Crippen molar-refractivity contribution in [2.45, 2.75) is 4.90 Å².